The molecule has 60 valence electrons. The van der Waals surface area contributed by atoms with E-state index in [0.29, 0.717) is 12.3 Å². The molecular formula is C7H9BrN2O. The highest BCUT2D eigenvalue weighted by molar-refractivity contribution is 9.10. The van der Waals surface area contributed by atoms with Crippen LogP contribution in [0.3, 0.4) is 0 Å². The lowest BCUT2D eigenvalue weighted by molar-refractivity contribution is 0.184. The van der Waals surface area contributed by atoms with Crippen molar-refractivity contribution in [1.29, 1.82) is 0 Å². The molecule has 0 aliphatic carbocycles. The summed E-state index contributed by atoms with van der Waals surface area (Å²) in [7, 11) is 1.62. The Kier molecular flexibility index (Phi) is 2.84. The molecule has 3 nitrogen and oxygen atoms in total. The van der Waals surface area contributed by atoms with E-state index in [9.17, 15) is 0 Å². The van der Waals surface area contributed by atoms with Crippen LogP contribution in [0.4, 0.5) is 5.69 Å². The Morgan fingerprint density at radius 1 is 1.73 bits per heavy atom. The van der Waals surface area contributed by atoms with Crippen molar-refractivity contribution in [3.05, 3.63) is 22.4 Å². The molecule has 0 aliphatic rings. The molecule has 2 N–H and O–H groups in total. The number of hydrogen-bond acceptors (Lipinski definition) is 3. The van der Waals surface area contributed by atoms with Crippen LogP contribution >= 0.6 is 15.9 Å². The van der Waals surface area contributed by atoms with Gasteiger partial charge in [0, 0.05) is 24.6 Å². The summed E-state index contributed by atoms with van der Waals surface area (Å²) in [5, 5.41) is 0. The van der Waals surface area contributed by atoms with Gasteiger partial charge in [0.2, 0.25) is 0 Å². The topological polar surface area (TPSA) is 48.1 Å². The summed E-state index contributed by atoms with van der Waals surface area (Å²) in [5.41, 5.74) is 7.26. The van der Waals surface area contributed by atoms with E-state index in [2.05, 4.69) is 20.9 Å². The predicted molar refractivity (Wildman–Crippen MR) is 47.1 cm³/mol. The van der Waals surface area contributed by atoms with Crippen LogP contribution in [0.1, 0.15) is 5.56 Å². The molecule has 0 saturated heterocycles. The highest BCUT2D eigenvalue weighted by atomic mass is 79.9. The molecule has 1 aromatic heterocycles. The Labute approximate surface area is 73.7 Å². The molecule has 0 atom stereocenters. The summed E-state index contributed by atoms with van der Waals surface area (Å²) in [4.78, 5) is 4.02. The fourth-order valence-electron chi connectivity index (χ4n) is 0.768. The zero-order valence-corrected chi connectivity index (χ0v) is 7.76. The van der Waals surface area contributed by atoms with E-state index in [1.54, 1.807) is 19.4 Å². The molecule has 0 radical (unpaired) electrons. The van der Waals surface area contributed by atoms with Crippen molar-refractivity contribution in [2.24, 2.45) is 0 Å². The molecule has 0 fully saturated rings. The number of rotatable bonds is 2. The Morgan fingerprint density at radius 2 is 2.45 bits per heavy atom. The third-order valence-corrected chi connectivity index (χ3v) is 2.01. The average molecular weight is 217 g/mol. The molecule has 11 heavy (non-hydrogen) atoms. The first-order chi connectivity index (χ1) is 5.25. The number of methoxy groups -OCH3 is 1. The second-order valence-corrected chi connectivity index (χ2v) is 2.85. The number of pyridine rings is 1. The van der Waals surface area contributed by atoms with E-state index in [1.165, 1.54) is 0 Å². The quantitative estimate of drug-likeness (QED) is 0.765. The minimum atomic E-state index is 0.486. The minimum Gasteiger partial charge on any atom is -0.398 e. The first-order valence-electron chi connectivity index (χ1n) is 3.13. The Hall–Kier alpha value is -0.610. The third-order valence-electron chi connectivity index (χ3n) is 1.33. The lowest BCUT2D eigenvalue weighted by atomic mass is 10.2. The van der Waals surface area contributed by atoms with Gasteiger partial charge in [-0.2, -0.15) is 0 Å². The van der Waals surface area contributed by atoms with Gasteiger partial charge >= 0.3 is 0 Å². The average Bonchev–Trinajstić information content (AvgIpc) is 1.97. The van der Waals surface area contributed by atoms with Crippen LogP contribution in [-0.2, 0) is 11.3 Å². The maximum Gasteiger partial charge on any atom is 0.113 e. The van der Waals surface area contributed by atoms with Gasteiger partial charge in [0.25, 0.3) is 0 Å². The zero-order chi connectivity index (χ0) is 8.27. The Morgan fingerprint density at radius 3 is 3.00 bits per heavy atom. The van der Waals surface area contributed by atoms with Gasteiger partial charge in [-0.25, -0.2) is 4.98 Å². The Bertz CT molecular complexity index is 232. The molecule has 0 aromatic carbocycles. The molecule has 1 rings (SSSR count). The van der Waals surface area contributed by atoms with E-state index < -0.39 is 0 Å². The van der Waals surface area contributed by atoms with Crippen LogP contribution in [0.2, 0.25) is 0 Å². The van der Waals surface area contributed by atoms with Crippen molar-refractivity contribution in [2.45, 2.75) is 6.61 Å². The van der Waals surface area contributed by atoms with Gasteiger partial charge in [-0.15, -0.1) is 0 Å². The molecule has 1 heterocycles. The van der Waals surface area contributed by atoms with Crippen molar-refractivity contribution in [3.63, 3.8) is 0 Å². The standard InChI is InChI=1S/C7H9BrN2O/c1-11-4-5-6(9)2-3-10-7(5)8/h2-3H,4H2,1H3,(H2,9,10). The van der Waals surface area contributed by atoms with Crippen molar-refractivity contribution < 1.29 is 4.74 Å². The molecule has 0 unspecified atom stereocenters. The first-order valence-corrected chi connectivity index (χ1v) is 3.92. The van der Waals surface area contributed by atoms with Crippen molar-refractivity contribution in [3.8, 4) is 0 Å². The molecule has 0 saturated carbocycles. The number of hydrogen-bond donors (Lipinski definition) is 1. The van der Waals surface area contributed by atoms with Gasteiger partial charge in [-0.1, -0.05) is 0 Å². The fourth-order valence-corrected chi connectivity index (χ4v) is 1.23. The van der Waals surface area contributed by atoms with E-state index in [-0.39, 0.29) is 0 Å². The number of nitrogens with two attached hydrogens (primary N) is 1. The summed E-state index contributed by atoms with van der Waals surface area (Å²) in [6, 6.07) is 1.75. The molecule has 4 heteroatoms. The van der Waals surface area contributed by atoms with E-state index >= 15 is 0 Å². The van der Waals surface area contributed by atoms with Gasteiger partial charge in [0.1, 0.15) is 4.60 Å². The van der Waals surface area contributed by atoms with E-state index in [1.807, 2.05) is 0 Å². The lowest BCUT2D eigenvalue weighted by Gasteiger charge is -2.04. The van der Waals surface area contributed by atoms with Crippen LogP contribution < -0.4 is 5.73 Å². The highest BCUT2D eigenvalue weighted by Gasteiger charge is 2.03. The van der Waals surface area contributed by atoms with Crippen LogP contribution in [0.25, 0.3) is 0 Å². The number of anilines is 1. The summed E-state index contributed by atoms with van der Waals surface area (Å²) < 4.78 is 5.69. The molecule has 1 aromatic rings. The molecule has 0 bridgehead atoms. The minimum absolute atomic E-state index is 0.486. The first kappa shape index (κ1) is 8.49. The fraction of sp³-hybridized carbons (Fsp3) is 0.286. The molecule has 0 spiro atoms. The zero-order valence-electron chi connectivity index (χ0n) is 6.17. The number of nitrogens with zero attached hydrogens (tertiary/aromatic N) is 1. The van der Waals surface area contributed by atoms with Gasteiger partial charge in [0.15, 0.2) is 0 Å². The van der Waals surface area contributed by atoms with Gasteiger partial charge < -0.3 is 10.5 Å². The summed E-state index contributed by atoms with van der Waals surface area (Å²) in [6.07, 6.45) is 1.65. The molecule has 0 amide bonds. The number of nitrogen functional groups attached to an aromatic ring is 1. The Balaban J connectivity index is 3.00. The number of halogens is 1. The maximum absolute atomic E-state index is 5.66. The highest BCUT2D eigenvalue weighted by Crippen LogP contribution is 2.19. The van der Waals surface area contributed by atoms with Crippen LogP contribution in [0, 0.1) is 0 Å². The normalized spacial score (nSPS) is 10.0. The predicted octanol–water partition coefficient (Wildman–Crippen LogP) is 1.57. The number of aromatic nitrogens is 1. The van der Waals surface area contributed by atoms with Crippen LogP contribution in [0.15, 0.2) is 16.9 Å². The second-order valence-electron chi connectivity index (χ2n) is 2.10. The smallest absolute Gasteiger partial charge is 0.113 e. The summed E-state index contributed by atoms with van der Waals surface area (Å²) in [6.45, 7) is 0.486. The molecular weight excluding hydrogens is 208 g/mol. The summed E-state index contributed by atoms with van der Waals surface area (Å²) >= 11 is 3.28. The molecule has 0 aliphatic heterocycles. The van der Waals surface area contributed by atoms with Crippen molar-refractivity contribution in [1.82, 2.24) is 4.98 Å². The van der Waals surface area contributed by atoms with Crippen LogP contribution in [-0.4, -0.2) is 12.1 Å². The second kappa shape index (κ2) is 3.69. The third kappa shape index (κ3) is 1.91. The van der Waals surface area contributed by atoms with Crippen molar-refractivity contribution >= 4 is 21.6 Å². The van der Waals surface area contributed by atoms with Crippen LogP contribution in [0.5, 0.6) is 0 Å². The van der Waals surface area contributed by atoms with E-state index in [4.69, 9.17) is 10.5 Å². The number of ether oxygens (including phenoxy) is 1. The monoisotopic (exact) mass is 216 g/mol. The SMILES string of the molecule is COCc1c(N)ccnc1Br. The van der Waals surface area contributed by atoms with Gasteiger partial charge in [-0.3, -0.25) is 0 Å². The van der Waals surface area contributed by atoms with Gasteiger partial charge in [-0.05, 0) is 22.0 Å². The van der Waals surface area contributed by atoms with Crippen molar-refractivity contribution in [2.75, 3.05) is 12.8 Å². The lowest BCUT2D eigenvalue weighted by Crippen LogP contribution is -1.98. The summed E-state index contributed by atoms with van der Waals surface area (Å²) in [5.74, 6) is 0. The largest absolute Gasteiger partial charge is 0.398 e. The maximum atomic E-state index is 5.66. The van der Waals surface area contributed by atoms with E-state index in [0.717, 1.165) is 10.2 Å². The van der Waals surface area contributed by atoms with Gasteiger partial charge in [0.05, 0.1) is 6.61 Å².